The van der Waals surface area contributed by atoms with Crippen molar-refractivity contribution in [2.45, 2.75) is 38.6 Å². The van der Waals surface area contributed by atoms with Crippen LogP contribution in [0.5, 0.6) is 0 Å². The van der Waals surface area contributed by atoms with Crippen molar-refractivity contribution in [2.75, 3.05) is 19.8 Å². The number of thiazole rings is 1. The van der Waals surface area contributed by atoms with Crippen molar-refractivity contribution in [1.82, 2.24) is 19.4 Å². The van der Waals surface area contributed by atoms with Crippen LogP contribution in [0.3, 0.4) is 0 Å². The molecule has 0 N–H and O–H groups in total. The maximum absolute atomic E-state index is 13.6. The fourth-order valence-electron chi connectivity index (χ4n) is 5.99. The molecule has 0 saturated carbocycles. The lowest BCUT2D eigenvalue weighted by Gasteiger charge is -2.22. The third kappa shape index (κ3) is 5.22. The van der Waals surface area contributed by atoms with Gasteiger partial charge in [0.2, 0.25) is 0 Å². The first-order valence-electron chi connectivity index (χ1n) is 14.1. The van der Waals surface area contributed by atoms with Crippen molar-refractivity contribution in [3.05, 3.63) is 93.5 Å². The minimum atomic E-state index is -0.494. The number of fused-ring (bicyclic) bond motifs is 3. The lowest BCUT2D eigenvalue weighted by Crippen LogP contribution is -2.31. The molecule has 2 aliphatic rings. The van der Waals surface area contributed by atoms with Crippen LogP contribution in [0.2, 0.25) is 0 Å². The van der Waals surface area contributed by atoms with Crippen LogP contribution in [-0.4, -0.2) is 57.0 Å². The van der Waals surface area contributed by atoms with Gasteiger partial charge in [-0.2, -0.15) is 0 Å². The number of hydrogen-bond donors (Lipinski definition) is 0. The normalized spacial score (nSPS) is 17.6. The fourth-order valence-corrected chi connectivity index (χ4v) is 6.90. The van der Waals surface area contributed by atoms with Crippen LogP contribution in [0.15, 0.2) is 60.1 Å². The second kappa shape index (κ2) is 11.5. The van der Waals surface area contributed by atoms with Crippen LogP contribution in [0, 0.1) is 12.8 Å². The van der Waals surface area contributed by atoms with Crippen molar-refractivity contribution in [3.8, 4) is 11.1 Å². The number of carbonyl (C=O) groups is 3. The van der Waals surface area contributed by atoms with E-state index in [9.17, 15) is 14.4 Å². The quantitative estimate of drug-likeness (QED) is 0.259. The zero-order valence-electron chi connectivity index (χ0n) is 23.8. The maximum Gasteiger partial charge on any atom is 0.357 e. The summed E-state index contributed by atoms with van der Waals surface area (Å²) in [6.07, 6.45) is 2.41. The molecule has 0 unspecified atom stereocenters. The van der Waals surface area contributed by atoms with Gasteiger partial charge in [0.15, 0.2) is 5.69 Å². The van der Waals surface area contributed by atoms with Crippen LogP contribution in [0.1, 0.15) is 74.7 Å². The number of hydrogen-bond acceptors (Lipinski definition) is 8. The number of ether oxygens (including phenoxy) is 2. The molecule has 3 heterocycles. The summed E-state index contributed by atoms with van der Waals surface area (Å²) >= 11 is 1.31. The number of aryl methyl sites for hydroxylation is 2. The Balaban J connectivity index is 1.17. The standard InChI is InChI=1S/C32H32N4O5S/c1-4-40-32(39)27-18-42-30(34-27)28-13-20(15-36(28)31(38)26-16-35(3)19(2)33-26)14-29(37)41-17-25-23-11-7-5-9-21(23)22-10-6-8-12-24(22)25/h5-12,16,18,20,25,28H,4,13-15,17H2,1-3H3/t20-,28-/m0/s1. The van der Waals surface area contributed by atoms with Gasteiger partial charge in [-0.1, -0.05) is 48.5 Å². The number of imidazole rings is 1. The van der Waals surface area contributed by atoms with Gasteiger partial charge < -0.3 is 18.9 Å². The second-order valence-corrected chi connectivity index (χ2v) is 11.7. The lowest BCUT2D eigenvalue weighted by molar-refractivity contribution is -0.144. The summed E-state index contributed by atoms with van der Waals surface area (Å²) in [5.41, 5.74) is 5.24. The first-order chi connectivity index (χ1) is 20.3. The monoisotopic (exact) mass is 584 g/mol. The first-order valence-corrected chi connectivity index (χ1v) is 15.0. The summed E-state index contributed by atoms with van der Waals surface area (Å²) < 4.78 is 12.8. The van der Waals surface area contributed by atoms with E-state index >= 15 is 0 Å². The molecular weight excluding hydrogens is 552 g/mol. The Morgan fingerprint density at radius 3 is 2.31 bits per heavy atom. The molecule has 42 heavy (non-hydrogen) atoms. The molecule has 2 atom stereocenters. The van der Waals surface area contributed by atoms with E-state index < -0.39 is 5.97 Å². The van der Waals surface area contributed by atoms with Crippen LogP contribution in [0.25, 0.3) is 11.1 Å². The molecule has 10 heteroatoms. The average molecular weight is 585 g/mol. The van der Waals surface area contributed by atoms with Gasteiger partial charge in [-0.05, 0) is 48.4 Å². The van der Waals surface area contributed by atoms with Crippen LogP contribution in [-0.2, 0) is 21.3 Å². The Hall–Kier alpha value is -4.31. The first kappa shape index (κ1) is 27.8. The summed E-state index contributed by atoms with van der Waals surface area (Å²) in [5.74, 6) is -0.440. The smallest absolute Gasteiger partial charge is 0.357 e. The Kier molecular flexibility index (Phi) is 7.64. The summed E-state index contributed by atoms with van der Waals surface area (Å²) in [5, 5.41) is 2.29. The molecule has 216 valence electrons. The van der Waals surface area contributed by atoms with Gasteiger partial charge in [0.1, 0.15) is 23.1 Å². The van der Waals surface area contributed by atoms with E-state index in [0.29, 0.717) is 23.7 Å². The van der Waals surface area contributed by atoms with Crippen LogP contribution < -0.4 is 0 Å². The molecule has 1 fully saturated rings. The van der Waals surface area contributed by atoms with Gasteiger partial charge >= 0.3 is 11.9 Å². The number of aromatic nitrogens is 3. The van der Waals surface area contributed by atoms with Crippen molar-refractivity contribution >= 4 is 29.2 Å². The fraction of sp³-hybridized carbons (Fsp3) is 0.344. The van der Waals surface area contributed by atoms with Gasteiger partial charge in [-0.25, -0.2) is 14.8 Å². The number of nitrogens with zero attached hydrogens (tertiary/aromatic N) is 4. The predicted octanol–water partition coefficient (Wildman–Crippen LogP) is 5.31. The van der Waals surface area contributed by atoms with Crippen molar-refractivity contribution in [1.29, 1.82) is 0 Å². The highest BCUT2D eigenvalue weighted by atomic mass is 32.1. The van der Waals surface area contributed by atoms with E-state index in [0.717, 1.165) is 17.0 Å². The van der Waals surface area contributed by atoms with Gasteiger partial charge in [0, 0.05) is 31.1 Å². The molecule has 0 bridgehead atoms. The van der Waals surface area contributed by atoms with Gasteiger partial charge in [-0.15, -0.1) is 11.3 Å². The van der Waals surface area contributed by atoms with E-state index in [1.165, 1.54) is 22.5 Å². The van der Waals surface area contributed by atoms with E-state index in [1.54, 1.807) is 28.0 Å². The van der Waals surface area contributed by atoms with Crippen molar-refractivity contribution in [3.63, 3.8) is 0 Å². The van der Waals surface area contributed by atoms with Gasteiger partial charge in [0.25, 0.3) is 5.91 Å². The zero-order chi connectivity index (χ0) is 29.4. The molecule has 6 rings (SSSR count). The second-order valence-electron chi connectivity index (χ2n) is 10.8. The molecule has 0 radical (unpaired) electrons. The molecule has 1 saturated heterocycles. The number of likely N-dealkylation sites (tertiary alicyclic amines) is 1. The predicted molar refractivity (Wildman–Crippen MR) is 157 cm³/mol. The SMILES string of the molecule is CCOC(=O)c1csc([C@@H]2C[C@@H](CC(=O)OCC3c4ccccc4-c4ccccc43)CN2C(=O)c2cn(C)c(C)n2)n1. The molecule has 1 aliphatic heterocycles. The lowest BCUT2D eigenvalue weighted by atomic mass is 9.98. The van der Waals surface area contributed by atoms with Crippen molar-refractivity contribution in [2.24, 2.45) is 13.0 Å². The topological polar surface area (TPSA) is 104 Å². The molecule has 2 aromatic heterocycles. The molecule has 0 spiro atoms. The van der Waals surface area contributed by atoms with E-state index in [4.69, 9.17) is 9.47 Å². The maximum atomic E-state index is 13.6. The minimum absolute atomic E-state index is 0.0141. The Bertz CT molecular complexity index is 1590. The Morgan fingerprint density at radius 2 is 1.67 bits per heavy atom. The Morgan fingerprint density at radius 1 is 0.976 bits per heavy atom. The highest BCUT2D eigenvalue weighted by molar-refractivity contribution is 7.09. The summed E-state index contributed by atoms with van der Waals surface area (Å²) in [4.78, 5) is 49.7. The summed E-state index contributed by atoms with van der Waals surface area (Å²) in [6, 6.07) is 16.1. The Labute approximate surface area is 248 Å². The highest BCUT2D eigenvalue weighted by Crippen LogP contribution is 2.45. The number of benzene rings is 2. The third-order valence-electron chi connectivity index (χ3n) is 8.10. The van der Waals surface area contributed by atoms with Gasteiger partial charge in [0.05, 0.1) is 19.1 Å². The van der Waals surface area contributed by atoms with Crippen molar-refractivity contribution < 1.29 is 23.9 Å². The molecule has 1 aliphatic carbocycles. The average Bonchev–Trinajstić information content (AvgIpc) is 3.77. The molecule has 1 amide bonds. The summed E-state index contributed by atoms with van der Waals surface area (Å²) in [7, 11) is 1.84. The molecule has 9 nitrogen and oxygen atoms in total. The molecular formula is C32H32N4O5S. The largest absolute Gasteiger partial charge is 0.465 e. The minimum Gasteiger partial charge on any atom is -0.465 e. The number of carbonyl (C=O) groups excluding carboxylic acids is 3. The number of amides is 1. The molecule has 4 aromatic rings. The van der Waals surface area contributed by atoms with E-state index in [1.807, 2.05) is 38.2 Å². The third-order valence-corrected chi connectivity index (χ3v) is 9.04. The summed E-state index contributed by atoms with van der Waals surface area (Å²) in [6.45, 7) is 4.45. The van der Waals surface area contributed by atoms with Crippen LogP contribution >= 0.6 is 11.3 Å². The molecule has 2 aromatic carbocycles. The van der Waals surface area contributed by atoms with Gasteiger partial charge in [-0.3, -0.25) is 9.59 Å². The number of esters is 2. The van der Waals surface area contributed by atoms with Crippen LogP contribution in [0.4, 0.5) is 0 Å². The van der Waals surface area contributed by atoms with E-state index in [-0.39, 0.29) is 55.1 Å². The van der Waals surface area contributed by atoms with E-state index in [2.05, 4.69) is 34.2 Å². The number of rotatable bonds is 8. The highest BCUT2D eigenvalue weighted by Gasteiger charge is 2.40. The zero-order valence-corrected chi connectivity index (χ0v) is 24.6.